The van der Waals surface area contributed by atoms with E-state index in [4.69, 9.17) is 23.2 Å². The topological polar surface area (TPSA) is 90.8 Å². The molecule has 126 valence electrons. The van der Waals surface area contributed by atoms with Gasteiger partial charge >= 0.3 is 6.03 Å². The van der Waals surface area contributed by atoms with Crippen molar-refractivity contribution in [3.63, 3.8) is 0 Å². The number of nitrogens with zero attached hydrogens (tertiary/aromatic N) is 3. The summed E-state index contributed by atoms with van der Waals surface area (Å²) in [5.74, 6) is 0.318. The Morgan fingerprint density at radius 1 is 1.39 bits per heavy atom. The zero-order chi connectivity index (χ0) is 17.0. The minimum absolute atomic E-state index is 0.0564. The number of hydrogen-bond donors (Lipinski definition) is 3. The third-order valence-corrected chi connectivity index (χ3v) is 4.28. The van der Waals surface area contributed by atoms with E-state index in [2.05, 4.69) is 20.9 Å². The molecule has 0 saturated carbocycles. The second kappa shape index (κ2) is 7.56. The van der Waals surface area contributed by atoms with E-state index in [1.807, 2.05) is 7.05 Å². The van der Waals surface area contributed by atoms with Crippen LogP contribution in [0.2, 0.25) is 10.2 Å². The van der Waals surface area contributed by atoms with Crippen molar-refractivity contribution in [2.75, 3.05) is 26.7 Å². The molecule has 10 heteroatoms. The number of nitrogens with one attached hydrogen (secondary N) is 3. The fraction of sp³-hybridized carbons (Fsp3) is 0.462. The number of aliphatic imine (C=N–C) groups is 1. The van der Waals surface area contributed by atoms with E-state index in [0.717, 1.165) is 10.6 Å². The van der Waals surface area contributed by atoms with Crippen molar-refractivity contribution in [1.29, 1.82) is 0 Å². The number of aromatic nitrogens is 1. The molecule has 0 aliphatic carbocycles. The number of carbonyl (C=O) groups is 2. The zero-order valence-electron chi connectivity index (χ0n) is 12.8. The van der Waals surface area contributed by atoms with Crippen LogP contribution in [0.3, 0.4) is 0 Å². The molecule has 0 atom stereocenters. The fourth-order valence-corrected chi connectivity index (χ4v) is 2.54. The summed E-state index contributed by atoms with van der Waals surface area (Å²) in [4.78, 5) is 28.1. The van der Waals surface area contributed by atoms with Gasteiger partial charge in [-0.15, -0.1) is 0 Å². The third kappa shape index (κ3) is 4.08. The fourth-order valence-electron chi connectivity index (χ4n) is 2.12. The largest absolute Gasteiger partial charge is 0.355 e. The first-order chi connectivity index (χ1) is 10.9. The number of urea groups is 1. The monoisotopic (exact) mass is 360 g/mol. The molecule has 3 amide bonds. The Bertz CT molecular complexity index is 627. The molecule has 2 rings (SSSR count). The third-order valence-electron chi connectivity index (χ3n) is 3.44. The van der Waals surface area contributed by atoms with E-state index in [9.17, 15) is 9.59 Å². The molecule has 0 aromatic carbocycles. The van der Waals surface area contributed by atoms with Gasteiger partial charge in [-0.25, -0.2) is 4.79 Å². The molecule has 1 aromatic rings. The van der Waals surface area contributed by atoms with Crippen molar-refractivity contribution in [2.24, 2.45) is 12.0 Å². The van der Waals surface area contributed by atoms with Gasteiger partial charge in [0.2, 0.25) is 5.91 Å². The van der Waals surface area contributed by atoms with Crippen LogP contribution in [0.5, 0.6) is 0 Å². The van der Waals surface area contributed by atoms with Gasteiger partial charge in [0.05, 0.1) is 18.1 Å². The second-order valence-corrected chi connectivity index (χ2v) is 5.66. The molecule has 0 bridgehead atoms. The first kappa shape index (κ1) is 17.4. The highest BCUT2D eigenvalue weighted by Gasteiger charge is 2.27. The minimum atomic E-state index is -0.368. The maximum Gasteiger partial charge on any atom is 0.324 e. The molecule has 1 fully saturated rings. The average Bonchev–Trinajstić information content (AvgIpc) is 2.98. The summed E-state index contributed by atoms with van der Waals surface area (Å²) in [6.07, 6.45) is 0. The molecule has 3 N–H and O–H groups in total. The Kier molecular flexibility index (Phi) is 5.73. The van der Waals surface area contributed by atoms with E-state index < -0.39 is 0 Å². The van der Waals surface area contributed by atoms with Crippen molar-refractivity contribution < 1.29 is 9.59 Å². The summed E-state index contributed by atoms with van der Waals surface area (Å²) in [7, 11) is 3.45. The van der Waals surface area contributed by atoms with Gasteiger partial charge in [0.25, 0.3) is 0 Å². The molecule has 1 saturated heterocycles. The standard InChI is InChI=1S/C13H18Cl2N6O2/c1-16-12(17-3-4-21-10(22)7-19-13(21)23)18-6-8-5-9(14)11(15)20(8)2/h5H,3-4,6-7H2,1-2H3,(H,19,23)(H2,16,17,18). The van der Waals surface area contributed by atoms with Crippen molar-refractivity contribution in [3.05, 3.63) is 21.9 Å². The van der Waals surface area contributed by atoms with Gasteiger partial charge in [-0.1, -0.05) is 23.2 Å². The highest BCUT2D eigenvalue weighted by Crippen LogP contribution is 2.24. The number of guanidine groups is 1. The predicted octanol–water partition coefficient (Wildman–Crippen LogP) is 0.549. The molecule has 8 nitrogen and oxygen atoms in total. The zero-order valence-corrected chi connectivity index (χ0v) is 14.3. The number of amides is 3. The Hall–Kier alpha value is -1.93. The SMILES string of the molecule is CN=C(NCCN1C(=O)CNC1=O)NCc1cc(Cl)c(Cl)n1C. The quantitative estimate of drug-likeness (QED) is 0.406. The van der Waals surface area contributed by atoms with Crippen molar-refractivity contribution in [2.45, 2.75) is 6.54 Å². The molecule has 2 heterocycles. The van der Waals surface area contributed by atoms with Crippen molar-refractivity contribution >= 4 is 41.1 Å². The molecule has 1 aliphatic rings. The molecule has 0 spiro atoms. The lowest BCUT2D eigenvalue weighted by atomic mass is 10.4. The first-order valence-electron chi connectivity index (χ1n) is 6.96. The predicted molar refractivity (Wildman–Crippen MR) is 88.7 cm³/mol. The van der Waals surface area contributed by atoms with Gasteiger partial charge in [-0.2, -0.15) is 0 Å². The summed E-state index contributed by atoms with van der Waals surface area (Å²) < 4.78 is 1.78. The molecule has 1 aromatic heterocycles. The van der Waals surface area contributed by atoms with Crippen LogP contribution in [0, 0.1) is 0 Å². The van der Waals surface area contributed by atoms with Crippen LogP contribution in [-0.2, 0) is 18.4 Å². The highest BCUT2D eigenvalue weighted by molar-refractivity contribution is 6.41. The van der Waals surface area contributed by atoms with Gasteiger partial charge in [0.15, 0.2) is 5.96 Å². The summed E-state index contributed by atoms with van der Waals surface area (Å²) in [5, 5.41) is 9.59. The lowest BCUT2D eigenvalue weighted by molar-refractivity contribution is -0.124. The molecular weight excluding hydrogens is 343 g/mol. The van der Waals surface area contributed by atoms with E-state index >= 15 is 0 Å². The molecule has 23 heavy (non-hydrogen) atoms. The molecular formula is C13H18Cl2N6O2. The average molecular weight is 361 g/mol. The van der Waals surface area contributed by atoms with Crippen LogP contribution >= 0.6 is 23.2 Å². The van der Waals surface area contributed by atoms with Crippen LogP contribution in [-0.4, -0.2) is 54.0 Å². The summed E-state index contributed by atoms with van der Waals surface area (Å²) in [6, 6.07) is 1.41. The Morgan fingerprint density at radius 3 is 2.65 bits per heavy atom. The Morgan fingerprint density at radius 2 is 2.13 bits per heavy atom. The van der Waals surface area contributed by atoms with Crippen LogP contribution in [0.4, 0.5) is 4.79 Å². The number of halogens is 2. The lowest BCUT2D eigenvalue weighted by Gasteiger charge is -2.15. The van der Waals surface area contributed by atoms with Gasteiger partial charge in [0, 0.05) is 32.9 Å². The maximum atomic E-state index is 11.5. The molecule has 0 unspecified atom stereocenters. The Balaban J connectivity index is 1.81. The van der Waals surface area contributed by atoms with Crippen LogP contribution < -0.4 is 16.0 Å². The smallest absolute Gasteiger partial charge is 0.324 e. The van der Waals surface area contributed by atoms with Crippen molar-refractivity contribution in [1.82, 2.24) is 25.4 Å². The maximum absolute atomic E-state index is 11.5. The number of hydrogen-bond acceptors (Lipinski definition) is 3. The van der Waals surface area contributed by atoms with Crippen LogP contribution in [0.25, 0.3) is 0 Å². The molecule has 1 aliphatic heterocycles. The van der Waals surface area contributed by atoms with Gasteiger partial charge < -0.3 is 20.5 Å². The van der Waals surface area contributed by atoms with Gasteiger partial charge in [-0.05, 0) is 6.07 Å². The molecule has 0 radical (unpaired) electrons. The van der Waals surface area contributed by atoms with Gasteiger partial charge in [0.1, 0.15) is 5.15 Å². The van der Waals surface area contributed by atoms with Gasteiger partial charge in [-0.3, -0.25) is 14.7 Å². The number of imide groups is 1. The Labute approximate surface area is 143 Å². The van der Waals surface area contributed by atoms with E-state index in [0.29, 0.717) is 29.2 Å². The second-order valence-electron chi connectivity index (χ2n) is 4.89. The van der Waals surface area contributed by atoms with Crippen molar-refractivity contribution in [3.8, 4) is 0 Å². The number of rotatable bonds is 5. The first-order valence-corrected chi connectivity index (χ1v) is 7.72. The van der Waals surface area contributed by atoms with Crippen LogP contribution in [0.1, 0.15) is 5.69 Å². The van der Waals surface area contributed by atoms with Crippen LogP contribution in [0.15, 0.2) is 11.1 Å². The highest BCUT2D eigenvalue weighted by atomic mass is 35.5. The van der Waals surface area contributed by atoms with E-state index in [1.165, 1.54) is 0 Å². The van der Waals surface area contributed by atoms with E-state index in [-0.39, 0.29) is 25.0 Å². The summed E-state index contributed by atoms with van der Waals surface area (Å²) >= 11 is 12.0. The minimum Gasteiger partial charge on any atom is -0.355 e. The summed E-state index contributed by atoms with van der Waals surface area (Å²) in [6.45, 7) is 1.20. The van der Waals surface area contributed by atoms with E-state index in [1.54, 1.807) is 17.7 Å². The lowest BCUT2D eigenvalue weighted by Crippen LogP contribution is -2.43. The summed E-state index contributed by atoms with van der Waals surface area (Å²) in [5.41, 5.74) is 0.900. The normalized spacial score (nSPS) is 15.1. The number of carbonyl (C=O) groups excluding carboxylic acids is 2.